The summed E-state index contributed by atoms with van der Waals surface area (Å²) in [7, 11) is -0.219. The molecule has 3 aromatic rings. The quantitative estimate of drug-likeness (QED) is 0.465. The summed E-state index contributed by atoms with van der Waals surface area (Å²) in [5.74, 6) is 0.534. The maximum Gasteiger partial charge on any atom is 0.270 e. The van der Waals surface area contributed by atoms with Crippen molar-refractivity contribution in [3.63, 3.8) is 0 Å². The Morgan fingerprint density at radius 2 is 1.81 bits per heavy atom. The van der Waals surface area contributed by atoms with Crippen LogP contribution < -0.4 is 0 Å². The second-order valence-electron chi connectivity index (χ2n) is 7.64. The number of rotatable bonds is 10. The van der Waals surface area contributed by atoms with Crippen molar-refractivity contribution in [2.75, 3.05) is 26.7 Å². The fourth-order valence-corrected chi connectivity index (χ4v) is 5.09. The van der Waals surface area contributed by atoms with E-state index < -0.39 is 10.0 Å². The first-order valence-electron chi connectivity index (χ1n) is 10.7. The Kier molecular flexibility index (Phi) is 7.52. The molecule has 1 aromatic carbocycles. The second kappa shape index (κ2) is 10.1. The summed E-state index contributed by atoms with van der Waals surface area (Å²) in [5.41, 5.74) is 2.12. The number of benzene rings is 1. The zero-order valence-electron chi connectivity index (χ0n) is 19.0. The largest absolute Gasteiger partial charge is 0.361 e. The molecule has 0 unspecified atom stereocenters. The number of carbonyl (C=O) groups is 1. The average molecular weight is 459 g/mol. The van der Waals surface area contributed by atoms with Gasteiger partial charge in [-0.2, -0.15) is 4.31 Å². The molecule has 8 nitrogen and oxygen atoms in total. The number of carbonyl (C=O) groups excluding carboxylic acids is 1. The summed E-state index contributed by atoms with van der Waals surface area (Å²) in [6.45, 7) is 4.85. The molecule has 9 heteroatoms. The Hall–Kier alpha value is -2.91. The van der Waals surface area contributed by atoms with Gasteiger partial charge in [-0.3, -0.25) is 4.79 Å². The van der Waals surface area contributed by atoms with Crippen LogP contribution in [0.15, 0.2) is 58.1 Å². The van der Waals surface area contributed by atoms with Crippen LogP contribution in [0, 0.1) is 0 Å². The van der Waals surface area contributed by atoms with Crippen molar-refractivity contribution in [2.45, 2.75) is 31.6 Å². The van der Waals surface area contributed by atoms with Crippen molar-refractivity contribution in [1.29, 1.82) is 0 Å². The Balaban J connectivity index is 1.61. The monoisotopic (exact) mass is 458 g/mol. The predicted octanol–water partition coefficient (Wildman–Crippen LogP) is 3.42. The molecular formula is C23H30N4O4S. The van der Waals surface area contributed by atoms with Crippen molar-refractivity contribution >= 4 is 15.9 Å². The SMILES string of the molecule is CCN(CC)S(=O)(=O)c1cc(C(=O)N(C)CCCc2cc(-c3ccccc3)no2)n(C)c1. The Morgan fingerprint density at radius 3 is 2.47 bits per heavy atom. The molecule has 0 aliphatic heterocycles. The molecule has 1 amide bonds. The molecule has 32 heavy (non-hydrogen) atoms. The van der Waals surface area contributed by atoms with E-state index in [9.17, 15) is 13.2 Å². The van der Waals surface area contributed by atoms with E-state index in [1.807, 2.05) is 36.4 Å². The molecule has 0 saturated heterocycles. The molecule has 2 heterocycles. The molecule has 0 bridgehead atoms. The number of hydrogen-bond donors (Lipinski definition) is 0. The van der Waals surface area contributed by atoms with E-state index in [0.29, 0.717) is 38.2 Å². The minimum Gasteiger partial charge on any atom is -0.361 e. The van der Waals surface area contributed by atoms with E-state index in [2.05, 4.69) is 5.16 Å². The Morgan fingerprint density at radius 1 is 1.12 bits per heavy atom. The fourth-order valence-electron chi connectivity index (χ4n) is 3.56. The lowest BCUT2D eigenvalue weighted by Crippen LogP contribution is -2.30. The zero-order valence-corrected chi connectivity index (χ0v) is 19.8. The van der Waals surface area contributed by atoms with Gasteiger partial charge >= 0.3 is 0 Å². The van der Waals surface area contributed by atoms with Gasteiger partial charge < -0.3 is 14.0 Å². The number of aromatic nitrogens is 2. The van der Waals surface area contributed by atoms with E-state index in [-0.39, 0.29) is 10.8 Å². The molecule has 172 valence electrons. The summed E-state index contributed by atoms with van der Waals surface area (Å²) in [6, 6.07) is 13.2. The number of hydrogen-bond acceptors (Lipinski definition) is 5. The number of nitrogens with zero attached hydrogens (tertiary/aromatic N) is 4. The van der Waals surface area contributed by atoms with Gasteiger partial charge in [0.25, 0.3) is 5.91 Å². The average Bonchev–Trinajstić information content (AvgIpc) is 3.41. The highest BCUT2D eigenvalue weighted by atomic mass is 32.2. The molecule has 0 spiro atoms. The van der Waals surface area contributed by atoms with Gasteiger partial charge in [-0.25, -0.2) is 8.42 Å². The molecule has 0 atom stereocenters. The number of amides is 1. The highest BCUT2D eigenvalue weighted by Gasteiger charge is 2.26. The van der Waals surface area contributed by atoms with Gasteiger partial charge in [-0.1, -0.05) is 49.3 Å². The molecule has 0 aliphatic carbocycles. The van der Waals surface area contributed by atoms with Crippen LogP contribution in [-0.4, -0.2) is 59.9 Å². The summed E-state index contributed by atoms with van der Waals surface area (Å²) in [4.78, 5) is 14.6. The first kappa shape index (κ1) is 23.7. The minimum absolute atomic E-state index is 0.135. The number of sulfonamides is 1. The Labute approximate surface area is 189 Å². The maximum atomic E-state index is 12.9. The normalized spacial score (nSPS) is 11.8. The summed E-state index contributed by atoms with van der Waals surface area (Å²) in [6.07, 6.45) is 2.83. The summed E-state index contributed by atoms with van der Waals surface area (Å²) >= 11 is 0. The van der Waals surface area contributed by atoms with Crippen LogP contribution >= 0.6 is 0 Å². The zero-order chi connectivity index (χ0) is 23.3. The van der Waals surface area contributed by atoms with Gasteiger partial charge in [-0.05, 0) is 12.5 Å². The van der Waals surface area contributed by atoms with Crippen molar-refractivity contribution in [3.05, 3.63) is 60.1 Å². The van der Waals surface area contributed by atoms with Crippen LogP contribution in [0.5, 0.6) is 0 Å². The van der Waals surface area contributed by atoms with Gasteiger partial charge in [0.2, 0.25) is 10.0 Å². The molecule has 3 rings (SSSR count). The van der Waals surface area contributed by atoms with Crippen LogP contribution in [-0.2, 0) is 23.5 Å². The van der Waals surface area contributed by atoms with Crippen molar-refractivity contribution in [1.82, 2.24) is 18.9 Å². The van der Waals surface area contributed by atoms with Gasteiger partial charge in [0.05, 0.1) is 0 Å². The molecular weight excluding hydrogens is 428 g/mol. The van der Waals surface area contributed by atoms with E-state index in [0.717, 1.165) is 17.0 Å². The third kappa shape index (κ3) is 5.11. The van der Waals surface area contributed by atoms with Gasteiger partial charge in [0.1, 0.15) is 22.0 Å². The van der Waals surface area contributed by atoms with Crippen molar-refractivity contribution in [3.8, 4) is 11.3 Å². The lowest BCUT2D eigenvalue weighted by molar-refractivity contribution is 0.0783. The van der Waals surface area contributed by atoms with Gasteiger partial charge in [0, 0.05) is 58.0 Å². The van der Waals surface area contributed by atoms with E-state index in [1.165, 1.54) is 16.6 Å². The third-order valence-corrected chi connectivity index (χ3v) is 7.45. The van der Waals surface area contributed by atoms with E-state index in [4.69, 9.17) is 4.52 Å². The second-order valence-corrected chi connectivity index (χ2v) is 9.57. The van der Waals surface area contributed by atoms with E-state index in [1.54, 1.807) is 37.4 Å². The lowest BCUT2D eigenvalue weighted by atomic mass is 10.1. The lowest BCUT2D eigenvalue weighted by Gasteiger charge is -2.17. The van der Waals surface area contributed by atoms with Crippen molar-refractivity contribution in [2.24, 2.45) is 7.05 Å². The topological polar surface area (TPSA) is 88.7 Å². The fraction of sp³-hybridized carbons (Fsp3) is 0.391. The highest BCUT2D eigenvalue weighted by Crippen LogP contribution is 2.21. The maximum absolute atomic E-state index is 12.9. The summed E-state index contributed by atoms with van der Waals surface area (Å²) in [5, 5.41) is 4.11. The third-order valence-electron chi connectivity index (χ3n) is 5.43. The molecule has 0 saturated carbocycles. The molecule has 0 aliphatic rings. The predicted molar refractivity (Wildman–Crippen MR) is 123 cm³/mol. The van der Waals surface area contributed by atoms with Crippen LogP contribution in [0.25, 0.3) is 11.3 Å². The standard InChI is InChI=1S/C23H30N4O4S/c1-5-27(6-2)32(29,30)20-16-22(26(4)17-20)23(28)25(3)14-10-13-19-15-21(24-31-19)18-11-8-7-9-12-18/h7-9,11-12,15-17H,5-6,10,13-14H2,1-4H3. The summed E-state index contributed by atoms with van der Waals surface area (Å²) < 4.78 is 33.9. The first-order chi connectivity index (χ1) is 15.3. The minimum atomic E-state index is -3.61. The molecule has 0 radical (unpaired) electrons. The number of aryl methyl sites for hydroxylation is 2. The molecule has 0 fully saturated rings. The molecule has 0 N–H and O–H groups in total. The van der Waals surface area contributed by atoms with Crippen LogP contribution in [0.4, 0.5) is 0 Å². The van der Waals surface area contributed by atoms with Crippen molar-refractivity contribution < 1.29 is 17.7 Å². The van der Waals surface area contributed by atoms with Crippen LogP contribution in [0.2, 0.25) is 0 Å². The van der Waals surface area contributed by atoms with E-state index >= 15 is 0 Å². The Bertz CT molecular complexity index is 1150. The van der Waals surface area contributed by atoms with Gasteiger partial charge in [0.15, 0.2) is 0 Å². The van der Waals surface area contributed by atoms with Crippen LogP contribution in [0.3, 0.4) is 0 Å². The molecule has 2 aromatic heterocycles. The smallest absolute Gasteiger partial charge is 0.270 e. The highest BCUT2D eigenvalue weighted by molar-refractivity contribution is 7.89. The van der Waals surface area contributed by atoms with Crippen LogP contribution in [0.1, 0.15) is 36.5 Å². The first-order valence-corrected chi connectivity index (χ1v) is 12.1. The van der Waals surface area contributed by atoms with Gasteiger partial charge in [-0.15, -0.1) is 0 Å².